The Hall–Kier alpha value is -3.04. The average Bonchev–Trinajstić information content (AvgIpc) is 3.18. The summed E-state index contributed by atoms with van der Waals surface area (Å²) in [6.45, 7) is 0.993. The molecule has 0 saturated carbocycles. The lowest BCUT2D eigenvalue weighted by Gasteiger charge is -2.21. The number of furan rings is 1. The minimum absolute atomic E-state index is 0.000563. The van der Waals surface area contributed by atoms with Gasteiger partial charge in [-0.25, -0.2) is 17.2 Å². The van der Waals surface area contributed by atoms with Crippen molar-refractivity contribution in [1.82, 2.24) is 4.31 Å². The standard InChI is InChI=1S/C20H18F2N2O4S/c1-14-4-7-17(8-5-14)29(26,27)24(12-16-3-2-10-28-16)13-20(25)23-19-11-15(21)6-9-18(19)22/h2-11H,12-13H2,1H3,(H,23,25). The van der Waals surface area contributed by atoms with E-state index in [1.54, 1.807) is 24.3 Å². The Labute approximate surface area is 166 Å². The van der Waals surface area contributed by atoms with Crippen LogP contribution in [0.4, 0.5) is 14.5 Å². The topological polar surface area (TPSA) is 79.6 Å². The number of carbonyl (C=O) groups excluding carboxylic acids is 1. The van der Waals surface area contributed by atoms with E-state index < -0.39 is 34.1 Å². The Bertz CT molecular complexity index is 1100. The summed E-state index contributed by atoms with van der Waals surface area (Å²) in [5.74, 6) is -2.07. The molecule has 0 atom stereocenters. The molecule has 0 unspecified atom stereocenters. The first kappa shape index (κ1) is 20.7. The molecule has 0 aliphatic carbocycles. The quantitative estimate of drug-likeness (QED) is 0.632. The molecule has 0 fully saturated rings. The summed E-state index contributed by atoms with van der Waals surface area (Å²) >= 11 is 0. The third-order valence-electron chi connectivity index (χ3n) is 4.09. The van der Waals surface area contributed by atoms with Gasteiger partial charge in [0.15, 0.2) is 0 Å². The van der Waals surface area contributed by atoms with Gasteiger partial charge in [0.05, 0.1) is 29.9 Å². The number of aryl methyl sites for hydroxylation is 1. The lowest BCUT2D eigenvalue weighted by atomic mass is 10.2. The van der Waals surface area contributed by atoms with E-state index in [0.29, 0.717) is 5.76 Å². The summed E-state index contributed by atoms with van der Waals surface area (Å²) < 4.78 is 59.3. The van der Waals surface area contributed by atoms with E-state index >= 15 is 0 Å². The Morgan fingerprint density at radius 3 is 2.48 bits per heavy atom. The molecule has 2 aromatic carbocycles. The normalized spacial score (nSPS) is 11.6. The maximum Gasteiger partial charge on any atom is 0.243 e. The second kappa shape index (κ2) is 8.54. The Balaban J connectivity index is 1.86. The molecule has 1 N–H and O–H groups in total. The van der Waals surface area contributed by atoms with Crippen molar-refractivity contribution in [1.29, 1.82) is 0 Å². The Kier molecular flexibility index (Phi) is 6.09. The van der Waals surface area contributed by atoms with Gasteiger partial charge in [-0.05, 0) is 43.3 Å². The maximum atomic E-state index is 13.8. The number of nitrogens with zero attached hydrogens (tertiary/aromatic N) is 1. The highest BCUT2D eigenvalue weighted by Gasteiger charge is 2.28. The van der Waals surface area contributed by atoms with E-state index in [1.807, 2.05) is 6.92 Å². The van der Waals surface area contributed by atoms with Crippen molar-refractivity contribution in [3.63, 3.8) is 0 Å². The van der Waals surface area contributed by atoms with Gasteiger partial charge in [-0.3, -0.25) is 4.79 Å². The zero-order valence-corrected chi connectivity index (χ0v) is 16.2. The van der Waals surface area contributed by atoms with Crippen molar-refractivity contribution in [2.75, 3.05) is 11.9 Å². The molecule has 3 rings (SSSR count). The number of nitrogens with one attached hydrogen (secondary N) is 1. The monoisotopic (exact) mass is 420 g/mol. The van der Waals surface area contributed by atoms with Gasteiger partial charge in [0, 0.05) is 6.07 Å². The minimum Gasteiger partial charge on any atom is -0.468 e. The van der Waals surface area contributed by atoms with Gasteiger partial charge in [0.2, 0.25) is 15.9 Å². The molecule has 3 aromatic rings. The smallest absolute Gasteiger partial charge is 0.243 e. The van der Waals surface area contributed by atoms with Crippen LogP contribution >= 0.6 is 0 Å². The molecule has 1 aromatic heterocycles. The lowest BCUT2D eigenvalue weighted by Crippen LogP contribution is -2.37. The van der Waals surface area contributed by atoms with Crippen molar-refractivity contribution in [3.05, 3.63) is 83.8 Å². The van der Waals surface area contributed by atoms with E-state index in [9.17, 15) is 22.0 Å². The average molecular weight is 420 g/mol. The van der Waals surface area contributed by atoms with Crippen LogP contribution < -0.4 is 5.32 Å². The molecule has 0 spiro atoms. The summed E-state index contributed by atoms with van der Waals surface area (Å²) in [4.78, 5) is 12.4. The fraction of sp³-hybridized carbons (Fsp3) is 0.150. The van der Waals surface area contributed by atoms with Crippen LogP contribution in [0, 0.1) is 18.6 Å². The summed E-state index contributed by atoms with van der Waals surface area (Å²) in [5.41, 5.74) is 0.501. The van der Waals surface area contributed by atoms with Crippen LogP contribution in [0.15, 0.2) is 70.2 Å². The van der Waals surface area contributed by atoms with Gasteiger partial charge in [-0.1, -0.05) is 17.7 Å². The fourth-order valence-electron chi connectivity index (χ4n) is 2.60. The van der Waals surface area contributed by atoms with Gasteiger partial charge in [0.25, 0.3) is 0 Å². The van der Waals surface area contributed by atoms with Crippen LogP contribution in [0.25, 0.3) is 0 Å². The molecular formula is C20H18F2N2O4S. The van der Waals surface area contributed by atoms with Crippen LogP contribution in [0.1, 0.15) is 11.3 Å². The molecule has 0 aliphatic heterocycles. The number of anilines is 1. The molecule has 0 bridgehead atoms. The van der Waals surface area contributed by atoms with Crippen LogP contribution in [-0.4, -0.2) is 25.2 Å². The number of halogens is 2. The molecule has 0 radical (unpaired) electrons. The SMILES string of the molecule is Cc1ccc(S(=O)(=O)N(CC(=O)Nc2cc(F)ccc2F)Cc2ccco2)cc1. The molecular weight excluding hydrogens is 402 g/mol. The summed E-state index contributed by atoms with van der Waals surface area (Å²) in [7, 11) is -4.05. The molecule has 0 aliphatic rings. The molecule has 152 valence electrons. The van der Waals surface area contributed by atoms with Gasteiger partial charge in [-0.2, -0.15) is 4.31 Å². The van der Waals surface area contributed by atoms with Gasteiger partial charge in [0.1, 0.15) is 17.4 Å². The van der Waals surface area contributed by atoms with Crippen molar-refractivity contribution in [2.24, 2.45) is 0 Å². The zero-order valence-electron chi connectivity index (χ0n) is 15.4. The molecule has 9 heteroatoms. The van der Waals surface area contributed by atoms with E-state index in [0.717, 1.165) is 28.1 Å². The van der Waals surface area contributed by atoms with E-state index in [1.165, 1.54) is 18.4 Å². The third kappa shape index (κ3) is 5.07. The molecule has 1 heterocycles. The van der Waals surface area contributed by atoms with Crippen LogP contribution in [0.3, 0.4) is 0 Å². The predicted molar refractivity (Wildman–Crippen MR) is 102 cm³/mol. The highest BCUT2D eigenvalue weighted by atomic mass is 32.2. The maximum absolute atomic E-state index is 13.8. The highest BCUT2D eigenvalue weighted by Crippen LogP contribution is 2.20. The van der Waals surface area contributed by atoms with Gasteiger partial charge in [-0.15, -0.1) is 0 Å². The number of carbonyl (C=O) groups is 1. The van der Waals surface area contributed by atoms with E-state index in [2.05, 4.69) is 5.32 Å². The molecule has 6 nitrogen and oxygen atoms in total. The van der Waals surface area contributed by atoms with Crippen molar-refractivity contribution >= 4 is 21.6 Å². The third-order valence-corrected chi connectivity index (χ3v) is 5.90. The van der Waals surface area contributed by atoms with Crippen molar-refractivity contribution < 1.29 is 26.4 Å². The largest absolute Gasteiger partial charge is 0.468 e. The zero-order chi connectivity index (χ0) is 21.0. The second-order valence-electron chi connectivity index (χ2n) is 6.34. The number of sulfonamides is 1. The minimum atomic E-state index is -4.05. The van der Waals surface area contributed by atoms with Crippen molar-refractivity contribution in [2.45, 2.75) is 18.4 Å². The van der Waals surface area contributed by atoms with Gasteiger partial charge >= 0.3 is 0 Å². The summed E-state index contributed by atoms with van der Waals surface area (Å²) in [5, 5.41) is 2.20. The van der Waals surface area contributed by atoms with Crippen molar-refractivity contribution in [3.8, 4) is 0 Å². The van der Waals surface area contributed by atoms with E-state index in [-0.39, 0.29) is 17.1 Å². The molecule has 0 saturated heterocycles. The van der Waals surface area contributed by atoms with Crippen LogP contribution in [-0.2, 0) is 21.4 Å². The first-order chi connectivity index (χ1) is 13.8. The first-order valence-electron chi connectivity index (χ1n) is 8.60. The van der Waals surface area contributed by atoms with Gasteiger partial charge < -0.3 is 9.73 Å². The number of benzene rings is 2. The summed E-state index contributed by atoms with van der Waals surface area (Å²) in [6, 6.07) is 11.9. The first-order valence-corrected chi connectivity index (χ1v) is 10.0. The van der Waals surface area contributed by atoms with E-state index in [4.69, 9.17) is 4.42 Å². The number of hydrogen-bond acceptors (Lipinski definition) is 4. The summed E-state index contributed by atoms with van der Waals surface area (Å²) in [6.07, 6.45) is 1.38. The predicted octanol–water partition coefficient (Wildman–Crippen LogP) is 3.70. The molecule has 29 heavy (non-hydrogen) atoms. The Morgan fingerprint density at radius 2 is 1.83 bits per heavy atom. The lowest BCUT2D eigenvalue weighted by molar-refractivity contribution is -0.116. The molecule has 1 amide bonds. The van der Waals surface area contributed by atoms with Crippen LogP contribution in [0.5, 0.6) is 0 Å². The highest BCUT2D eigenvalue weighted by molar-refractivity contribution is 7.89. The number of rotatable bonds is 7. The van der Waals surface area contributed by atoms with Crippen LogP contribution in [0.2, 0.25) is 0 Å². The fourth-order valence-corrected chi connectivity index (χ4v) is 3.97. The second-order valence-corrected chi connectivity index (χ2v) is 8.28. The number of amides is 1. The Morgan fingerprint density at radius 1 is 1.10 bits per heavy atom. The number of hydrogen-bond donors (Lipinski definition) is 1.